The predicted molar refractivity (Wildman–Crippen MR) is 167 cm³/mol. The number of carbonyl (C=O) groups is 1. The fourth-order valence-electron chi connectivity index (χ4n) is 4.89. The average Bonchev–Trinajstić information content (AvgIpc) is 3.80. The molecule has 45 heavy (non-hydrogen) atoms. The maximum Gasteiger partial charge on any atom is 0.251 e. The number of ether oxygens (including phenoxy) is 1. The fourth-order valence-corrected chi connectivity index (χ4v) is 5.84. The molecule has 4 heterocycles. The van der Waals surface area contributed by atoms with Gasteiger partial charge in [0.15, 0.2) is 6.10 Å². The van der Waals surface area contributed by atoms with Crippen molar-refractivity contribution < 1.29 is 33.6 Å². The summed E-state index contributed by atoms with van der Waals surface area (Å²) in [6.07, 6.45) is 0.830. The molecule has 0 aliphatic heterocycles. The number of carbonyl (C=O) groups excluding carboxylic acids is 1. The zero-order valence-corrected chi connectivity index (χ0v) is 25.1. The molecule has 5 rings (SSSR count). The number of aliphatic hydroxyl groups is 3. The molecule has 0 fully saturated rings. The van der Waals surface area contributed by atoms with Crippen LogP contribution in [0.5, 0.6) is 0 Å². The number of allylic oxidation sites excluding steroid dienone is 3. The molecule has 0 unspecified atom stereocenters. The molecule has 0 aliphatic rings. The van der Waals surface area contributed by atoms with Gasteiger partial charge < -0.3 is 25.4 Å². The Hall–Kier alpha value is -4.76. The summed E-state index contributed by atoms with van der Waals surface area (Å²) in [6.45, 7) is 4.22. The number of fused-ring (bicyclic) bond motifs is 2. The van der Waals surface area contributed by atoms with Gasteiger partial charge in [0.1, 0.15) is 29.6 Å². The Morgan fingerprint density at radius 3 is 2.80 bits per heavy atom. The van der Waals surface area contributed by atoms with E-state index in [1.807, 2.05) is 36.7 Å². The molecule has 11 nitrogen and oxygen atoms in total. The minimum Gasteiger partial charge on any atom is -0.491 e. The van der Waals surface area contributed by atoms with Crippen molar-refractivity contribution in [3.8, 4) is 22.6 Å². The minimum absolute atomic E-state index is 0.0582. The lowest BCUT2D eigenvalue weighted by atomic mass is 9.95. The van der Waals surface area contributed by atoms with Gasteiger partial charge in [-0.1, -0.05) is 12.6 Å². The molecular formula is C31H30F2N6O5S. The fraction of sp³-hybridized carbons (Fsp3) is 0.226. The molecule has 1 amide bonds. The van der Waals surface area contributed by atoms with Crippen molar-refractivity contribution in [1.82, 2.24) is 30.3 Å². The summed E-state index contributed by atoms with van der Waals surface area (Å²) in [5, 5.41) is 45.7. The van der Waals surface area contributed by atoms with Crippen LogP contribution in [0.25, 0.3) is 49.2 Å². The summed E-state index contributed by atoms with van der Waals surface area (Å²) in [5.41, 5.74) is 3.17. The second kappa shape index (κ2) is 13.5. The lowest BCUT2D eigenvalue weighted by molar-refractivity contribution is -0.131. The van der Waals surface area contributed by atoms with Crippen LogP contribution in [0.15, 0.2) is 72.5 Å². The van der Waals surface area contributed by atoms with Crippen LogP contribution in [0, 0.1) is 0 Å². The molecule has 0 bridgehead atoms. The van der Waals surface area contributed by atoms with Gasteiger partial charge in [-0.05, 0) is 36.6 Å². The van der Waals surface area contributed by atoms with E-state index in [0.29, 0.717) is 27.6 Å². The van der Waals surface area contributed by atoms with Crippen LogP contribution in [0.3, 0.4) is 0 Å². The third-order valence-electron chi connectivity index (χ3n) is 7.11. The van der Waals surface area contributed by atoms with Gasteiger partial charge in [0, 0.05) is 39.7 Å². The Morgan fingerprint density at radius 2 is 2.07 bits per heavy atom. The highest BCUT2D eigenvalue weighted by atomic mass is 32.1. The minimum atomic E-state index is -1.60. The van der Waals surface area contributed by atoms with Gasteiger partial charge in [0.05, 0.1) is 54.3 Å². The summed E-state index contributed by atoms with van der Waals surface area (Å²) in [4.78, 5) is 17.2. The van der Waals surface area contributed by atoms with E-state index in [0.717, 1.165) is 16.5 Å². The number of aliphatic hydroxyl groups excluding tert-OH is 3. The number of halogens is 2. The van der Waals surface area contributed by atoms with Crippen molar-refractivity contribution in [2.75, 3.05) is 19.8 Å². The van der Waals surface area contributed by atoms with Crippen molar-refractivity contribution in [2.24, 2.45) is 7.05 Å². The highest BCUT2D eigenvalue weighted by molar-refractivity contribution is 7.17. The van der Waals surface area contributed by atoms with Crippen molar-refractivity contribution in [3.63, 3.8) is 0 Å². The summed E-state index contributed by atoms with van der Waals surface area (Å²) in [5.74, 6) is -1.93. The van der Waals surface area contributed by atoms with Crippen molar-refractivity contribution in [2.45, 2.75) is 19.1 Å². The smallest absolute Gasteiger partial charge is 0.251 e. The lowest BCUT2D eigenvalue weighted by Gasteiger charge is -2.18. The van der Waals surface area contributed by atoms with E-state index in [1.165, 1.54) is 11.3 Å². The maximum atomic E-state index is 15.7. The Balaban J connectivity index is 1.76. The van der Waals surface area contributed by atoms with Gasteiger partial charge in [-0.25, -0.2) is 13.8 Å². The van der Waals surface area contributed by atoms with Crippen LogP contribution < -0.4 is 5.32 Å². The molecule has 5 aromatic rings. The van der Waals surface area contributed by atoms with Crippen molar-refractivity contribution in [3.05, 3.63) is 83.7 Å². The van der Waals surface area contributed by atoms with E-state index in [2.05, 4.69) is 27.2 Å². The molecule has 0 radical (unpaired) electrons. The molecule has 0 saturated carbocycles. The number of thiophene rings is 1. The van der Waals surface area contributed by atoms with Gasteiger partial charge in [0.2, 0.25) is 0 Å². The first kappa shape index (κ1) is 31.7. The average molecular weight is 637 g/mol. The van der Waals surface area contributed by atoms with Crippen LogP contribution in [0.1, 0.15) is 24.2 Å². The standard InChI is InChI=1S/C31H30F2N6O5S/c1-16(35-31(43)25(42)15-41)22-13-23(38-37-22)29-27(26(21(33)6-8-32)17(2)44-10-9-40)30-20(7-11-45-30)28(36-29)18-4-5-24-19(12-18)14-34-39(24)3/h4-8,11-14,16,25,40-42H,2,9-10,15H2,1,3H3,(H,35,43)(H,37,38)/b8-6+,26-21-/t16-,25+/m1/s1. The number of rotatable bonds is 12. The molecular weight excluding hydrogens is 606 g/mol. The quantitative estimate of drug-likeness (QED) is 0.0993. The number of benzene rings is 1. The summed E-state index contributed by atoms with van der Waals surface area (Å²) < 4.78 is 36.9. The number of pyridine rings is 1. The molecule has 4 aromatic heterocycles. The molecule has 234 valence electrons. The highest BCUT2D eigenvalue weighted by Gasteiger charge is 2.27. The van der Waals surface area contributed by atoms with E-state index in [4.69, 9.17) is 14.8 Å². The highest BCUT2D eigenvalue weighted by Crippen LogP contribution is 2.44. The summed E-state index contributed by atoms with van der Waals surface area (Å²) in [7, 11) is 1.84. The number of nitrogens with zero attached hydrogens (tertiary/aromatic N) is 4. The number of H-pyrrole nitrogens is 1. The first-order valence-corrected chi connectivity index (χ1v) is 14.6. The number of aromatic amines is 1. The Labute approximate surface area is 259 Å². The topological polar surface area (TPSA) is 158 Å². The van der Waals surface area contributed by atoms with Crippen LogP contribution >= 0.6 is 11.3 Å². The predicted octanol–water partition coefficient (Wildman–Crippen LogP) is 4.46. The molecule has 0 saturated heterocycles. The molecule has 1 aromatic carbocycles. The SMILES string of the molecule is C=C(OCCO)/C(=C(F)\C=C\F)c1c(-c2cc([C@@H](C)NC(=O)[C@@H](O)CO)[nH]n2)nc(-c2ccc3c(cnn3C)c2)c2ccsc12. The number of nitrogens with one attached hydrogen (secondary N) is 2. The molecule has 0 aliphatic carbocycles. The summed E-state index contributed by atoms with van der Waals surface area (Å²) in [6, 6.07) is 8.54. The monoisotopic (exact) mass is 636 g/mol. The van der Waals surface area contributed by atoms with Gasteiger partial charge in [-0.3, -0.25) is 14.6 Å². The number of aromatic nitrogens is 5. The van der Waals surface area contributed by atoms with E-state index in [1.54, 1.807) is 23.9 Å². The van der Waals surface area contributed by atoms with Crippen LogP contribution in [-0.2, 0) is 16.6 Å². The number of hydrogen-bond donors (Lipinski definition) is 5. The van der Waals surface area contributed by atoms with Gasteiger partial charge in [0.25, 0.3) is 5.91 Å². The molecule has 0 spiro atoms. The summed E-state index contributed by atoms with van der Waals surface area (Å²) >= 11 is 1.30. The van der Waals surface area contributed by atoms with E-state index >= 15 is 4.39 Å². The second-order valence-electron chi connectivity index (χ2n) is 10.0. The Kier molecular flexibility index (Phi) is 9.48. The zero-order chi connectivity index (χ0) is 32.2. The second-order valence-corrected chi connectivity index (χ2v) is 11.0. The van der Waals surface area contributed by atoms with Crippen molar-refractivity contribution >= 4 is 43.8 Å². The van der Waals surface area contributed by atoms with E-state index < -0.39 is 30.5 Å². The number of aryl methyl sites for hydroxylation is 1. The van der Waals surface area contributed by atoms with Gasteiger partial charge in [-0.2, -0.15) is 10.2 Å². The van der Waals surface area contributed by atoms with Crippen molar-refractivity contribution in [1.29, 1.82) is 0 Å². The normalized spacial score (nSPS) is 13.8. The van der Waals surface area contributed by atoms with Crippen LogP contribution in [-0.4, -0.2) is 72.1 Å². The zero-order valence-electron chi connectivity index (χ0n) is 24.3. The molecule has 2 atom stereocenters. The lowest BCUT2D eigenvalue weighted by Crippen LogP contribution is -2.38. The third-order valence-corrected chi connectivity index (χ3v) is 8.05. The number of hydrogen-bond acceptors (Lipinski definition) is 9. The molecule has 5 N–H and O–H groups in total. The van der Waals surface area contributed by atoms with Gasteiger partial charge >= 0.3 is 0 Å². The first-order chi connectivity index (χ1) is 21.7. The van der Waals surface area contributed by atoms with Gasteiger partial charge in [-0.15, -0.1) is 11.3 Å². The van der Waals surface area contributed by atoms with Crippen LogP contribution in [0.4, 0.5) is 8.78 Å². The maximum absolute atomic E-state index is 15.7. The van der Waals surface area contributed by atoms with Crippen LogP contribution in [0.2, 0.25) is 0 Å². The largest absolute Gasteiger partial charge is 0.491 e. The first-order valence-electron chi connectivity index (χ1n) is 13.8. The number of amides is 1. The van der Waals surface area contributed by atoms with E-state index in [9.17, 15) is 19.4 Å². The van der Waals surface area contributed by atoms with E-state index in [-0.39, 0.29) is 47.8 Å². The third kappa shape index (κ3) is 6.26. The Morgan fingerprint density at radius 1 is 1.27 bits per heavy atom. The Bertz CT molecular complexity index is 1950. The molecule has 14 heteroatoms.